The molecule has 1 saturated heterocycles. The Morgan fingerprint density at radius 1 is 1.12 bits per heavy atom. The van der Waals surface area contributed by atoms with Crippen molar-refractivity contribution in [1.29, 1.82) is 0 Å². The Balaban J connectivity index is 1.75. The van der Waals surface area contributed by atoms with Crippen molar-refractivity contribution in [3.05, 3.63) is 57.7 Å². The van der Waals surface area contributed by atoms with E-state index in [0.717, 1.165) is 18.9 Å². The summed E-state index contributed by atoms with van der Waals surface area (Å²) >= 11 is 5.75. The van der Waals surface area contributed by atoms with E-state index in [9.17, 15) is 22.4 Å². The summed E-state index contributed by atoms with van der Waals surface area (Å²) in [4.78, 5) is 25.9. The Labute approximate surface area is 195 Å². The number of halogens is 2. The molecule has 0 radical (unpaired) electrons. The largest absolute Gasteiger partial charge is 0.329 e. The van der Waals surface area contributed by atoms with E-state index >= 15 is 0 Å². The highest BCUT2D eigenvalue weighted by molar-refractivity contribution is 7.89. The lowest BCUT2D eigenvalue weighted by Gasteiger charge is -2.16. The molecule has 2 aromatic carbocycles. The third kappa shape index (κ3) is 4.42. The third-order valence-electron chi connectivity index (χ3n) is 5.66. The average Bonchev–Trinajstić information content (AvgIpc) is 3.38. The summed E-state index contributed by atoms with van der Waals surface area (Å²) in [5.41, 5.74) is 0.311. The number of sulfonamides is 1. The second-order valence-corrected chi connectivity index (χ2v) is 10.6. The molecule has 0 unspecified atom stereocenters. The van der Waals surface area contributed by atoms with Crippen molar-refractivity contribution >= 4 is 44.3 Å². The van der Waals surface area contributed by atoms with Crippen LogP contribution in [0.15, 0.2) is 46.1 Å². The van der Waals surface area contributed by atoms with Crippen molar-refractivity contribution in [3.8, 4) is 0 Å². The normalized spacial score (nSPS) is 14.9. The first kappa shape index (κ1) is 23.5. The number of anilines is 1. The molecule has 1 amide bonds. The number of hydrogen-bond donors (Lipinski definition) is 1. The van der Waals surface area contributed by atoms with Crippen LogP contribution in [0.1, 0.15) is 32.7 Å². The minimum absolute atomic E-state index is 0.0655. The molecule has 8 nitrogen and oxygen atoms in total. The summed E-state index contributed by atoms with van der Waals surface area (Å²) in [7, 11) is -3.71. The fourth-order valence-electron chi connectivity index (χ4n) is 4.07. The van der Waals surface area contributed by atoms with E-state index in [1.807, 2.05) is 13.8 Å². The maximum absolute atomic E-state index is 14.1. The summed E-state index contributed by atoms with van der Waals surface area (Å²) in [5, 5.41) is 2.63. The first-order valence-electron chi connectivity index (χ1n) is 10.6. The van der Waals surface area contributed by atoms with Crippen molar-refractivity contribution in [2.75, 3.05) is 18.4 Å². The summed E-state index contributed by atoms with van der Waals surface area (Å²) in [6, 6.07) is 8.12. The number of fused-ring (bicyclic) bond motifs is 1. The first-order valence-corrected chi connectivity index (χ1v) is 12.4. The average molecular weight is 495 g/mol. The first-order chi connectivity index (χ1) is 15.6. The van der Waals surface area contributed by atoms with Crippen LogP contribution in [0, 0.1) is 5.82 Å². The quantitative estimate of drug-likeness (QED) is 0.566. The molecule has 33 heavy (non-hydrogen) atoms. The van der Waals surface area contributed by atoms with Crippen molar-refractivity contribution in [1.82, 2.24) is 13.4 Å². The van der Waals surface area contributed by atoms with Gasteiger partial charge < -0.3 is 5.32 Å². The van der Waals surface area contributed by atoms with Crippen LogP contribution in [-0.4, -0.2) is 40.9 Å². The molecular formula is C22H24ClFN4O4S. The lowest BCUT2D eigenvalue weighted by molar-refractivity contribution is -0.116. The highest BCUT2D eigenvalue weighted by atomic mass is 35.5. The number of hydrogen-bond acceptors (Lipinski definition) is 4. The standard InChI is InChI=1S/C22H24ClFN4O4S/c1-14(2)28-19-8-6-16(33(31,32)26-9-3-4-10-26)12-20(19)27(22(28)30)13-21(29)25-18-7-5-15(23)11-17(18)24/h5-8,11-12,14H,3-4,9-10,13H2,1-2H3,(H,25,29). The van der Waals surface area contributed by atoms with Crippen LogP contribution in [0.25, 0.3) is 11.0 Å². The molecule has 1 fully saturated rings. The maximum atomic E-state index is 14.1. The highest BCUT2D eigenvalue weighted by Crippen LogP contribution is 2.26. The molecule has 0 spiro atoms. The smallest absolute Gasteiger partial charge is 0.322 e. The number of imidazole rings is 1. The minimum Gasteiger partial charge on any atom is -0.322 e. The fraction of sp³-hybridized carbons (Fsp3) is 0.364. The van der Waals surface area contributed by atoms with E-state index in [-0.39, 0.29) is 21.6 Å². The van der Waals surface area contributed by atoms with Gasteiger partial charge in [-0.2, -0.15) is 4.31 Å². The predicted molar refractivity (Wildman–Crippen MR) is 125 cm³/mol. The molecule has 1 N–H and O–H groups in total. The second-order valence-electron chi connectivity index (χ2n) is 8.27. The number of rotatable bonds is 6. The molecule has 2 heterocycles. The molecule has 0 aliphatic carbocycles. The molecule has 1 aromatic heterocycles. The van der Waals surface area contributed by atoms with Gasteiger partial charge in [0.25, 0.3) is 0 Å². The van der Waals surface area contributed by atoms with Crippen molar-refractivity contribution in [2.24, 2.45) is 0 Å². The molecule has 4 rings (SSSR count). The van der Waals surface area contributed by atoms with Gasteiger partial charge in [0.1, 0.15) is 12.4 Å². The van der Waals surface area contributed by atoms with Gasteiger partial charge in [-0.25, -0.2) is 17.6 Å². The number of nitrogens with one attached hydrogen (secondary N) is 1. The van der Waals surface area contributed by atoms with Gasteiger partial charge in [0.2, 0.25) is 15.9 Å². The van der Waals surface area contributed by atoms with E-state index in [1.54, 1.807) is 6.07 Å². The number of nitrogens with zero attached hydrogens (tertiary/aromatic N) is 3. The van der Waals surface area contributed by atoms with Gasteiger partial charge in [0, 0.05) is 24.2 Å². The maximum Gasteiger partial charge on any atom is 0.329 e. The molecule has 3 aromatic rings. The predicted octanol–water partition coefficient (Wildman–Crippen LogP) is 3.60. The van der Waals surface area contributed by atoms with Gasteiger partial charge in [-0.1, -0.05) is 11.6 Å². The van der Waals surface area contributed by atoms with Crippen molar-refractivity contribution in [3.63, 3.8) is 0 Å². The molecule has 0 atom stereocenters. The highest BCUT2D eigenvalue weighted by Gasteiger charge is 2.28. The Morgan fingerprint density at radius 3 is 2.45 bits per heavy atom. The van der Waals surface area contributed by atoms with E-state index in [0.29, 0.717) is 24.1 Å². The Morgan fingerprint density at radius 2 is 1.82 bits per heavy atom. The topological polar surface area (TPSA) is 93.4 Å². The summed E-state index contributed by atoms with van der Waals surface area (Å²) in [6.45, 7) is 4.14. The molecule has 0 bridgehead atoms. The Hall–Kier alpha value is -2.69. The fourth-order valence-corrected chi connectivity index (χ4v) is 5.77. The lowest BCUT2D eigenvalue weighted by atomic mass is 10.3. The minimum atomic E-state index is -3.71. The monoisotopic (exact) mass is 494 g/mol. The zero-order chi connectivity index (χ0) is 23.9. The van der Waals surface area contributed by atoms with Gasteiger partial charge in [0.15, 0.2) is 0 Å². The number of carbonyl (C=O) groups excluding carboxylic acids is 1. The molecule has 176 valence electrons. The second kappa shape index (κ2) is 8.92. The number of benzene rings is 2. The zero-order valence-corrected chi connectivity index (χ0v) is 19.8. The van der Waals surface area contributed by atoms with Gasteiger partial charge in [-0.3, -0.25) is 13.9 Å². The van der Waals surface area contributed by atoms with Gasteiger partial charge in [0.05, 0.1) is 21.6 Å². The molecule has 1 aliphatic rings. The van der Waals surface area contributed by atoms with Gasteiger partial charge in [-0.15, -0.1) is 0 Å². The lowest BCUT2D eigenvalue weighted by Crippen LogP contribution is -2.30. The van der Waals surface area contributed by atoms with E-state index < -0.39 is 34.0 Å². The molecular weight excluding hydrogens is 471 g/mol. The number of carbonyl (C=O) groups is 1. The third-order valence-corrected chi connectivity index (χ3v) is 7.79. The Bertz CT molecular complexity index is 1390. The molecule has 0 saturated carbocycles. The Kier molecular flexibility index (Phi) is 6.35. The van der Waals surface area contributed by atoms with Crippen LogP contribution in [0.4, 0.5) is 10.1 Å². The van der Waals surface area contributed by atoms with Crippen molar-refractivity contribution < 1.29 is 17.6 Å². The van der Waals surface area contributed by atoms with E-state index in [4.69, 9.17) is 11.6 Å². The van der Waals surface area contributed by atoms with Crippen LogP contribution in [0.2, 0.25) is 5.02 Å². The summed E-state index contributed by atoms with van der Waals surface area (Å²) in [6.07, 6.45) is 1.61. The van der Waals surface area contributed by atoms with E-state index in [1.165, 1.54) is 37.7 Å². The van der Waals surface area contributed by atoms with Gasteiger partial charge >= 0.3 is 5.69 Å². The van der Waals surface area contributed by atoms with Gasteiger partial charge in [-0.05, 0) is 63.1 Å². The van der Waals surface area contributed by atoms with E-state index in [2.05, 4.69) is 5.32 Å². The summed E-state index contributed by atoms with van der Waals surface area (Å²) < 4.78 is 44.3. The SMILES string of the molecule is CC(C)n1c(=O)n(CC(=O)Nc2ccc(Cl)cc2F)c2cc(S(=O)(=O)N3CCCC3)ccc21. The van der Waals surface area contributed by atoms with Crippen LogP contribution in [-0.2, 0) is 21.4 Å². The van der Waals surface area contributed by atoms with Crippen LogP contribution >= 0.6 is 11.6 Å². The molecule has 1 aliphatic heterocycles. The van der Waals surface area contributed by atoms with Crippen LogP contribution < -0.4 is 11.0 Å². The van der Waals surface area contributed by atoms with Crippen LogP contribution in [0.5, 0.6) is 0 Å². The number of aromatic nitrogens is 2. The zero-order valence-electron chi connectivity index (χ0n) is 18.2. The van der Waals surface area contributed by atoms with Crippen molar-refractivity contribution in [2.45, 2.75) is 44.2 Å². The summed E-state index contributed by atoms with van der Waals surface area (Å²) in [5.74, 6) is -1.33. The molecule has 11 heteroatoms. The van der Waals surface area contributed by atoms with Crippen LogP contribution in [0.3, 0.4) is 0 Å². The number of amides is 1.